The second kappa shape index (κ2) is 4.25. The summed E-state index contributed by atoms with van der Waals surface area (Å²) in [6.07, 6.45) is 3.96. The van der Waals surface area contributed by atoms with E-state index in [0.717, 1.165) is 12.8 Å². The van der Waals surface area contributed by atoms with Crippen molar-refractivity contribution < 1.29 is 9.90 Å². The van der Waals surface area contributed by atoms with Crippen LogP contribution in [0.4, 0.5) is 0 Å². The fraction of sp³-hybridized carbons (Fsp3) is 0.643. The maximum Gasteiger partial charge on any atom is 0.270 e. The number of likely N-dealkylation sites (tertiary alicyclic amines) is 1. The third-order valence-corrected chi connectivity index (χ3v) is 4.35. The number of carbonyl (C=O) groups is 1. The van der Waals surface area contributed by atoms with E-state index in [1.54, 1.807) is 17.2 Å². The number of amides is 1. The van der Waals surface area contributed by atoms with Gasteiger partial charge >= 0.3 is 0 Å². The molecule has 1 aromatic rings. The van der Waals surface area contributed by atoms with Crippen molar-refractivity contribution in [1.82, 2.24) is 9.47 Å². The summed E-state index contributed by atoms with van der Waals surface area (Å²) in [7, 11) is 0. The van der Waals surface area contributed by atoms with Gasteiger partial charge in [-0.05, 0) is 38.7 Å². The Morgan fingerprint density at radius 2 is 2.11 bits per heavy atom. The molecule has 0 unspecified atom stereocenters. The molecular formula is C14H19ClN2O2. The Morgan fingerprint density at radius 1 is 1.47 bits per heavy atom. The molecule has 19 heavy (non-hydrogen) atoms. The molecule has 104 valence electrons. The summed E-state index contributed by atoms with van der Waals surface area (Å²) in [4.78, 5) is 14.1. The lowest BCUT2D eigenvalue weighted by Crippen LogP contribution is -2.64. The van der Waals surface area contributed by atoms with Crippen molar-refractivity contribution in [3.63, 3.8) is 0 Å². The van der Waals surface area contributed by atoms with Crippen LogP contribution in [-0.2, 0) is 0 Å². The molecule has 0 atom stereocenters. The van der Waals surface area contributed by atoms with Crippen LogP contribution in [0.2, 0.25) is 5.02 Å². The Balaban J connectivity index is 1.75. The molecule has 4 nitrogen and oxygen atoms in total. The van der Waals surface area contributed by atoms with Gasteiger partial charge in [0.15, 0.2) is 0 Å². The highest BCUT2D eigenvalue weighted by Crippen LogP contribution is 2.44. The zero-order valence-corrected chi connectivity index (χ0v) is 12.0. The van der Waals surface area contributed by atoms with E-state index >= 15 is 0 Å². The predicted octanol–water partition coefficient (Wildman–Crippen LogP) is 2.32. The largest absolute Gasteiger partial charge is 0.386 e. The Labute approximate surface area is 118 Å². The molecule has 3 rings (SSSR count). The van der Waals surface area contributed by atoms with Crippen LogP contribution in [0.1, 0.15) is 43.2 Å². The monoisotopic (exact) mass is 282 g/mol. The second-order valence-corrected chi connectivity index (χ2v) is 6.52. The van der Waals surface area contributed by atoms with E-state index in [2.05, 4.69) is 0 Å². The minimum absolute atomic E-state index is 0.0362. The first-order valence-corrected chi connectivity index (χ1v) is 7.17. The first-order valence-electron chi connectivity index (χ1n) is 6.80. The van der Waals surface area contributed by atoms with Crippen molar-refractivity contribution >= 4 is 17.5 Å². The van der Waals surface area contributed by atoms with Gasteiger partial charge in [0, 0.05) is 12.2 Å². The van der Waals surface area contributed by atoms with Crippen LogP contribution in [-0.4, -0.2) is 39.2 Å². The Bertz CT molecular complexity index is 514. The standard InChI is InChI=1S/C14H19ClN2O2/c1-9(2)17-6-11(15)5-12(17)13(18)16-7-14(19,8-16)10-3-4-10/h5-6,9-10,19H,3-4,7-8H2,1-2H3. The smallest absolute Gasteiger partial charge is 0.270 e. The van der Waals surface area contributed by atoms with Gasteiger partial charge in [0.1, 0.15) is 11.3 Å². The molecule has 2 aliphatic rings. The second-order valence-electron chi connectivity index (χ2n) is 6.08. The minimum Gasteiger partial charge on any atom is -0.386 e. The first kappa shape index (κ1) is 13.0. The van der Waals surface area contributed by atoms with Crippen molar-refractivity contribution in [3.05, 3.63) is 23.0 Å². The van der Waals surface area contributed by atoms with Crippen molar-refractivity contribution in [3.8, 4) is 0 Å². The summed E-state index contributed by atoms with van der Waals surface area (Å²) >= 11 is 6.00. The number of rotatable bonds is 3. The van der Waals surface area contributed by atoms with Gasteiger partial charge in [0.2, 0.25) is 0 Å². The molecule has 0 aromatic carbocycles. The van der Waals surface area contributed by atoms with E-state index in [1.807, 2.05) is 18.4 Å². The SMILES string of the molecule is CC(C)n1cc(Cl)cc1C(=O)N1CC(O)(C2CC2)C1. The number of hydrogen-bond donors (Lipinski definition) is 1. The Kier molecular flexibility index (Phi) is 2.91. The quantitative estimate of drug-likeness (QED) is 0.925. The number of carbonyl (C=O) groups excluding carboxylic acids is 1. The molecule has 1 N–H and O–H groups in total. The van der Waals surface area contributed by atoms with E-state index in [1.165, 1.54) is 0 Å². The van der Waals surface area contributed by atoms with Crippen LogP contribution in [0.5, 0.6) is 0 Å². The molecule has 1 amide bonds. The third-order valence-electron chi connectivity index (χ3n) is 4.14. The van der Waals surface area contributed by atoms with Crippen LogP contribution >= 0.6 is 11.6 Å². The fourth-order valence-corrected chi connectivity index (χ4v) is 3.05. The molecule has 5 heteroatoms. The van der Waals surface area contributed by atoms with E-state index < -0.39 is 5.60 Å². The van der Waals surface area contributed by atoms with Gasteiger partial charge in [0.25, 0.3) is 5.91 Å². The average Bonchev–Trinajstić information content (AvgIpc) is 3.07. The molecule has 0 spiro atoms. The molecule has 1 aliphatic heterocycles. The van der Waals surface area contributed by atoms with Crippen molar-refractivity contribution in [2.45, 2.75) is 38.3 Å². The highest BCUT2D eigenvalue weighted by Gasteiger charge is 2.53. The van der Waals surface area contributed by atoms with Gasteiger partial charge in [-0.3, -0.25) is 4.79 Å². The first-order chi connectivity index (χ1) is 8.90. The van der Waals surface area contributed by atoms with Gasteiger partial charge in [-0.25, -0.2) is 0 Å². The van der Waals surface area contributed by atoms with Gasteiger partial charge in [-0.1, -0.05) is 11.6 Å². The molecule has 1 saturated heterocycles. The van der Waals surface area contributed by atoms with E-state index in [9.17, 15) is 9.90 Å². The molecule has 2 heterocycles. The summed E-state index contributed by atoms with van der Waals surface area (Å²) < 4.78 is 1.89. The van der Waals surface area contributed by atoms with Crippen LogP contribution < -0.4 is 0 Å². The summed E-state index contributed by atoms with van der Waals surface area (Å²) in [5, 5.41) is 10.9. The summed E-state index contributed by atoms with van der Waals surface area (Å²) in [5.74, 6) is 0.364. The topological polar surface area (TPSA) is 45.5 Å². The van der Waals surface area contributed by atoms with Gasteiger partial charge in [-0.15, -0.1) is 0 Å². The number of hydrogen-bond acceptors (Lipinski definition) is 2. The van der Waals surface area contributed by atoms with Crippen LogP contribution in [0.15, 0.2) is 12.3 Å². The zero-order valence-electron chi connectivity index (χ0n) is 11.3. The maximum atomic E-state index is 12.4. The van der Waals surface area contributed by atoms with Crippen molar-refractivity contribution in [2.75, 3.05) is 13.1 Å². The zero-order chi connectivity index (χ0) is 13.8. The number of aromatic nitrogens is 1. The van der Waals surface area contributed by atoms with Crippen LogP contribution in [0, 0.1) is 5.92 Å². The third kappa shape index (κ3) is 2.17. The average molecular weight is 283 g/mol. The van der Waals surface area contributed by atoms with E-state index in [4.69, 9.17) is 11.6 Å². The lowest BCUT2D eigenvalue weighted by atomic mass is 9.88. The highest BCUT2D eigenvalue weighted by molar-refractivity contribution is 6.31. The Hall–Kier alpha value is -1.00. The van der Waals surface area contributed by atoms with Crippen molar-refractivity contribution in [2.24, 2.45) is 5.92 Å². The molecular weight excluding hydrogens is 264 g/mol. The molecule has 0 radical (unpaired) electrons. The fourth-order valence-electron chi connectivity index (χ4n) is 2.84. The van der Waals surface area contributed by atoms with E-state index in [-0.39, 0.29) is 11.9 Å². The number of nitrogens with zero attached hydrogens (tertiary/aromatic N) is 2. The van der Waals surface area contributed by atoms with Crippen LogP contribution in [0.25, 0.3) is 0 Å². The number of aliphatic hydroxyl groups is 1. The molecule has 1 aromatic heterocycles. The van der Waals surface area contributed by atoms with Gasteiger partial charge < -0.3 is 14.6 Å². The summed E-state index contributed by atoms with van der Waals surface area (Å²) in [6.45, 7) is 4.95. The number of β-amino-alcohol motifs (C(OH)–C–C–N with tert-alkyl or cyclic N) is 1. The normalized spacial score (nSPS) is 21.6. The molecule has 0 bridgehead atoms. The molecule has 2 fully saturated rings. The van der Waals surface area contributed by atoms with Gasteiger partial charge in [-0.2, -0.15) is 0 Å². The Morgan fingerprint density at radius 3 is 2.63 bits per heavy atom. The molecule has 1 aliphatic carbocycles. The molecule has 1 saturated carbocycles. The lowest BCUT2D eigenvalue weighted by Gasteiger charge is -2.47. The predicted molar refractivity (Wildman–Crippen MR) is 73.4 cm³/mol. The minimum atomic E-state index is -0.630. The maximum absolute atomic E-state index is 12.4. The number of halogens is 1. The van der Waals surface area contributed by atoms with E-state index in [0.29, 0.717) is 29.7 Å². The highest BCUT2D eigenvalue weighted by atomic mass is 35.5. The van der Waals surface area contributed by atoms with Gasteiger partial charge in [0.05, 0.1) is 18.1 Å². The van der Waals surface area contributed by atoms with Crippen LogP contribution in [0.3, 0.4) is 0 Å². The lowest BCUT2D eigenvalue weighted by molar-refractivity contribution is -0.0961. The summed E-state index contributed by atoms with van der Waals surface area (Å²) in [6, 6.07) is 1.90. The summed E-state index contributed by atoms with van der Waals surface area (Å²) in [5.41, 5.74) is -0.0211. The van der Waals surface area contributed by atoms with Crippen molar-refractivity contribution in [1.29, 1.82) is 0 Å².